The molecule has 56 heavy (non-hydrogen) atoms. The van der Waals surface area contributed by atoms with Crippen LogP contribution in [0.5, 0.6) is 5.75 Å². The van der Waals surface area contributed by atoms with Gasteiger partial charge in [-0.2, -0.15) is 0 Å². The van der Waals surface area contributed by atoms with Gasteiger partial charge in [0.25, 0.3) is 0 Å². The second-order valence-electron chi connectivity index (χ2n) is 14.8. The van der Waals surface area contributed by atoms with Crippen LogP contribution in [-0.4, -0.2) is 75.8 Å². The molecule has 8 nitrogen and oxygen atoms in total. The van der Waals surface area contributed by atoms with Crippen LogP contribution < -0.4 is 4.74 Å². The van der Waals surface area contributed by atoms with Crippen molar-refractivity contribution in [2.75, 3.05) is 19.8 Å². The minimum absolute atomic E-state index is 0.0755. The molecule has 0 saturated carbocycles. The van der Waals surface area contributed by atoms with E-state index in [1.165, 1.54) is 17.0 Å². The quantitative estimate of drug-likeness (QED) is 0.0876. The number of hydrogen-bond acceptors (Lipinski definition) is 7. The normalized spacial score (nSPS) is 13.8. The van der Waals surface area contributed by atoms with E-state index in [1.54, 1.807) is 32.9 Å². The zero-order chi connectivity index (χ0) is 39.9. The minimum Gasteiger partial charge on any atom is -0.491 e. The van der Waals surface area contributed by atoms with E-state index < -0.39 is 54.2 Å². The molecule has 296 valence electrons. The van der Waals surface area contributed by atoms with Crippen molar-refractivity contribution in [3.8, 4) is 5.75 Å². The van der Waals surface area contributed by atoms with Gasteiger partial charge in [0, 0.05) is 25.2 Å². The molecule has 0 spiro atoms. The van der Waals surface area contributed by atoms with E-state index in [-0.39, 0.29) is 26.2 Å². The number of rotatable bonds is 19. The van der Waals surface area contributed by atoms with Gasteiger partial charge in [-0.15, -0.1) is 0 Å². The third-order valence-corrected chi connectivity index (χ3v) is 9.15. The van der Waals surface area contributed by atoms with Crippen LogP contribution in [0.1, 0.15) is 43.0 Å². The van der Waals surface area contributed by atoms with Crippen LogP contribution in [0.15, 0.2) is 140 Å². The highest BCUT2D eigenvalue weighted by atomic mass is 19.1. The Labute approximate surface area is 328 Å². The summed E-state index contributed by atoms with van der Waals surface area (Å²) in [6.45, 7) is 5.04. The van der Waals surface area contributed by atoms with E-state index >= 15 is 0 Å². The number of nitrogens with zero attached hydrogens (tertiary/aromatic N) is 2. The standard InChI is InChI=1S/C46H52F2N2O6/c1-46(2,3)56-45(53)50(30-40(52)33-54-41-22-14-7-15-23-41)43(31-51)44(55-32-36-20-12-6-13-21-36)42(26-37-24-38(47)27-39(48)25-37)49(28-34-16-8-4-9-17-34)29-35-18-10-5-11-19-35/h4-25,27,40,42-44,51-52H,26,28-33H2,1-3H3. The summed E-state index contributed by atoms with van der Waals surface area (Å²) in [6.07, 6.45) is -2.91. The fourth-order valence-electron chi connectivity index (χ4n) is 6.63. The molecule has 0 saturated heterocycles. The van der Waals surface area contributed by atoms with Crippen LogP contribution >= 0.6 is 0 Å². The molecule has 0 aliphatic heterocycles. The number of amides is 1. The van der Waals surface area contributed by atoms with E-state index in [0.29, 0.717) is 24.4 Å². The average molecular weight is 767 g/mol. The summed E-state index contributed by atoms with van der Waals surface area (Å²) in [5, 5.41) is 22.8. The van der Waals surface area contributed by atoms with Crippen LogP contribution in [-0.2, 0) is 35.6 Å². The highest BCUT2D eigenvalue weighted by Crippen LogP contribution is 2.28. The number of aliphatic hydroxyl groups excluding tert-OH is 2. The van der Waals surface area contributed by atoms with Gasteiger partial charge in [0.05, 0.1) is 31.9 Å². The predicted molar refractivity (Wildman–Crippen MR) is 213 cm³/mol. The molecule has 0 radical (unpaired) electrons. The summed E-state index contributed by atoms with van der Waals surface area (Å²) in [5.41, 5.74) is 2.22. The molecule has 0 fully saturated rings. The summed E-state index contributed by atoms with van der Waals surface area (Å²) < 4.78 is 48.3. The molecule has 0 heterocycles. The molecule has 2 N–H and O–H groups in total. The molecule has 10 heteroatoms. The van der Waals surface area contributed by atoms with Crippen LogP contribution in [0.2, 0.25) is 0 Å². The summed E-state index contributed by atoms with van der Waals surface area (Å²) in [4.78, 5) is 17.7. The zero-order valence-corrected chi connectivity index (χ0v) is 32.2. The van der Waals surface area contributed by atoms with E-state index in [9.17, 15) is 23.8 Å². The lowest BCUT2D eigenvalue weighted by molar-refractivity contribution is -0.0955. The lowest BCUT2D eigenvalue weighted by atomic mass is 9.92. The fourth-order valence-corrected chi connectivity index (χ4v) is 6.63. The summed E-state index contributed by atoms with van der Waals surface area (Å²) in [5.74, 6) is -0.916. The summed E-state index contributed by atoms with van der Waals surface area (Å²) >= 11 is 0. The van der Waals surface area contributed by atoms with E-state index in [4.69, 9.17) is 14.2 Å². The van der Waals surface area contributed by atoms with Crippen LogP contribution in [0.4, 0.5) is 13.6 Å². The van der Waals surface area contributed by atoms with Crippen LogP contribution in [0, 0.1) is 11.6 Å². The summed E-state index contributed by atoms with van der Waals surface area (Å²) in [6, 6.07) is 39.7. The SMILES string of the molecule is CC(C)(C)OC(=O)N(CC(O)COc1ccccc1)C(CO)C(OCc1ccccc1)C(Cc1cc(F)cc(F)c1)N(Cc1ccccc1)Cc1ccccc1. The zero-order valence-electron chi connectivity index (χ0n) is 32.2. The van der Waals surface area contributed by atoms with E-state index in [1.807, 2.05) is 109 Å². The Bertz CT molecular complexity index is 1840. The maximum atomic E-state index is 14.9. The van der Waals surface area contributed by atoms with Crippen molar-refractivity contribution >= 4 is 6.09 Å². The molecular weight excluding hydrogens is 715 g/mol. The number of para-hydroxylation sites is 1. The maximum Gasteiger partial charge on any atom is 0.410 e. The average Bonchev–Trinajstić information content (AvgIpc) is 3.17. The molecule has 0 bridgehead atoms. The number of ether oxygens (including phenoxy) is 3. The Morgan fingerprint density at radius 3 is 1.70 bits per heavy atom. The van der Waals surface area contributed by atoms with Gasteiger partial charge in [0.2, 0.25) is 0 Å². The van der Waals surface area contributed by atoms with Crippen molar-refractivity contribution in [1.29, 1.82) is 0 Å². The molecule has 0 aliphatic carbocycles. The van der Waals surface area contributed by atoms with Crippen molar-refractivity contribution in [1.82, 2.24) is 9.80 Å². The van der Waals surface area contributed by atoms with Crippen molar-refractivity contribution in [2.45, 2.75) is 76.8 Å². The number of aliphatic hydroxyl groups is 2. The highest BCUT2D eigenvalue weighted by molar-refractivity contribution is 5.68. The largest absolute Gasteiger partial charge is 0.491 e. The number of halogens is 2. The van der Waals surface area contributed by atoms with Gasteiger partial charge in [-0.1, -0.05) is 109 Å². The van der Waals surface area contributed by atoms with Gasteiger partial charge < -0.3 is 24.4 Å². The molecule has 0 aliphatic rings. The molecule has 5 aromatic carbocycles. The van der Waals surface area contributed by atoms with E-state index in [2.05, 4.69) is 4.90 Å². The van der Waals surface area contributed by atoms with Gasteiger partial charge in [-0.25, -0.2) is 13.6 Å². The third kappa shape index (κ3) is 13.3. The first-order valence-electron chi connectivity index (χ1n) is 18.9. The fraction of sp³-hybridized carbons (Fsp3) is 0.326. The maximum absolute atomic E-state index is 14.9. The Hall–Kier alpha value is -5.13. The van der Waals surface area contributed by atoms with Crippen LogP contribution in [0.3, 0.4) is 0 Å². The molecule has 4 atom stereocenters. The molecule has 1 amide bonds. The smallest absolute Gasteiger partial charge is 0.410 e. The molecule has 5 aromatic rings. The van der Waals surface area contributed by atoms with Crippen molar-refractivity contribution in [3.05, 3.63) is 173 Å². The van der Waals surface area contributed by atoms with Crippen molar-refractivity contribution < 1.29 is 38.0 Å². The first-order chi connectivity index (χ1) is 27.0. The van der Waals surface area contributed by atoms with Crippen molar-refractivity contribution in [2.24, 2.45) is 0 Å². The van der Waals surface area contributed by atoms with Gasteiger partial charge in [0.1, 0.15) is 35.7 Å². The number of benzene rings is 5. The molecular formula is C46H52F2N2O6. The van der Waals surface area contributed by atoms with Crippen LogP contribution in [0.25, 0.3) is 0 Å². The second-order valence-corrected chi connectivity index (χ2v) is 14.8. The topological polar surface area (TPSA) is 91.7 Å². The lowest BCUT2D eigenvalue weighted by Crippen LogP contribution is -2.60. The Morgan fingerprint density at radius 2 is 1.20 bits per heavy atom. The van der Waals surface area contributed by atoms with Gasteiger partial charge in [-0.05, 0) is 73.7 Å². The van der Waals surface area contributed by atoms with E-state index in [0.717, 1.165) is 22.8 Å². The molecule has 5 rings (SSSR count). The first kappa shape index (κ1) is 42.0. The Balaban J connectivity index is 1.63. The third-order valence-electron chi connectivity index (χ3n) is 9.15. The Morgan fingerprint density at radius 1 is 0.696 bits per heavy atom. The first-order valence-corrected chi connectivity index (χ1v) is 18.9. The summed E-state index contributed by atoms with van der Waals surface area (Å²) in [7, 11) is 0. The predicted octanol–water partition coefficient (Wildman–Crippen LogP) is 8.20. The lowest BCUT2D eigenvalue weighted by Gasteiger charge is -2.44. The number of carbonyl (C=O) groups is 1. The second kappa shape index (κ2) is 20.7. The monoisotopic (exact) mass is 766 g/mol. The Kier molecular flexibility index (Phi) is 15.5. The molecule has 0 aromatic heterocycles. The van der Waals surface area contributed by atoms with Gasteiger partial charge >= 0.3 is 6.09 Å². The van der Waals surface area contributed by atoms with Crippen molar-refractivity contribution in [3.63, 3.8) is 0 Å². The number of hydrogen-bond donors (Lipinski definition) is 2. The minimum atomic E-state index is -1.20. The number of carbonyl (C=O) groups excluding carboxylic acids is 1. The van der Waals surface area contributed by atoms with Gasteiger partial charge in [0.15, 0.2) is 0 Å². The highest BCUT2D eigenvalue weighted by Gasteiger charge is 2.41. The van der Waals surface area contributed by atoms with Gasteiger partial charge in [-0.3, -0.25) is 9.80 Å². The molecule has 4 unspecified atom stereocenters.